The molecule has 0 radical (unpaired) electrons. The second-order valence-corrected chi connectivity index (χ2v) is 7.31. The van der Waals surface area contributed by atoms with Crippen LogP contribution in [0.15, 0.2) is 45.3 Å². The molecule has 0 saturated heterocycles. The van der Waals surface area contributed by atoms with Crippen LogP contribution >= 0.6 is 31.9 Å². The van der Waals surface area contributed by atoms with Crippen molar-refractivity contribution >= 4 is 31.9 Å². The highest BCUT2D eigenvalue weighted by Crippen LogP contribution is 2.33. The summed E-state index contributed by atoms with van der Waals surface area (Å²) >= 11 is 7.24. The molecule has 1 nitrogen and oxygen atoms in total. The van der Waals surface area contributed by atoms with Gasteiger partial charge in [0.05, 0.1) is 6.04 Å². The highest BCUT2D eigenvalue weighted by molar-refractivity contribution is 9.11. The van der Waals surface area contributed by atoms with Gasteiger partial charge in [-0.2, -0.15) is 0 Å². The molecule has 21 heavy (non-hydrogen) atoms. The monoisotopic (exact) mass is 407 g/mol. The molecule has 0 aliphatic heterocycles. The molecule has 0 amide bonds. The van der Waals surface area contributed by atoms with E-state index in [1.807, 2.05) is 0 Å². The van der Waals surface area contributed by atoms with Gasteiger partial charge in [-0.1, -0.05) is 63.0 Å². The Kier molecular flexibility index (Phi) is 4.82. The summed E-state index contributed by atoms with van der Waals surface area (Å²) in [5, 5.41) is 3.62. The van der Waals surface area contributed by atoms with Gasteiger partial charge in [-0.3, -0.25) is 0 Å². The summed E-state index contributed by atoms with van der Waals surface area (Å²) in [6, 6.07) is 13.6. The topological polar surface area (TPSA) is 12.0 Å². The van der Waals surface area contributed by atoms with E-state index in [0.717, 1.165) is 15.5 Å². The average molecular weight is 409 g/mol. The van der Waals surface area contributed by atoms with Gasteiger partial charge >= 0.3 is 0 Å². The normalized spacial score (nSPS) is 15.0. The first-order valence-electron chi connectivity index (χ1n) is 7.49. The van der Waals surface area contributed by atoms with Crippen LogP contribution in [0.2, 0.25) is 0 Å². The fourth-order valence-electron chi connectivity index (χ4n) is 3.12. The fraction of sp³-hybridized carbons (Fsp3) is 0.333. The Morgan fingerprint density at radius 3 is 2.62 bits per heavy atom. The number of halogens is 2. The molecule has 0 heterocycles. The van der Waals surface area contributed by atoms with Crippen LogP contribution in [0.5, 0.6) is 0 Å². The Bertz CT molecular complexity index is 652. The highest BCUT2D eigenvalue weighted by atomic mass is 79.9. The predicted molar refractivity (Wildman–Crippen MR) is 95.8 cm³/mol. The molecule has 1 atom stereocenters. The molecule has 0 spiro atoms. The van der Waals surface area contributed by atoms with Gasteiger partial charge in [-0.05, 0) is 60.2 Å². The summed E-state index contributed by atoms with van der Waals surface area (Å²) in [4.78, 5) is 0. The van der Waals surface area contributed by atoms with Crippen molar-refractivity contribution in [3.63, 3.8) is 0 Å². The van der Waals surface area contributed by atoms with E-state index in [1.165, 1.54) is 41.5 Å². The number of benzene rings is 2. The number of nitrogens with one attached hydrogen (secondary N) is 1. The van der Waals surface area contributed by atoms with Crippen molar-refractivity contribution in [1.29, 1.82) is 0 Å². The molecule has 3 heteroatoms. The Labute approximate surface area is 143 Å². The smallest absolute Gasteiger partial charge is 0.0587 e. The lowest BCUT2D eigenvalue weighted by atomic mass is 9.95. The minimum Gasteiger partial charge on any atom is -0.306 e. The van der Waals surface area contributed by atoms with Gasteiger partial charge in [0.2, 0.25) is 0 Å². The van der Waals surface area contributed by atoms with Gasteiger partial charge in [0.25, 0.3) is 0 Å². The van der Waals surface area contributed by atoms with E-state index in [4.69, 9.17) is 0 Å². The van der Waals surface area contributed by atoms with Crippen molar-refractivity contribution in [2.75, 3.05) is 6.54 Å². The summed E-state index contributed by atoms with van der Waals surface area (Å²) in [5.74, 6) is 0. The third-order valence-corrected chi connectivity index (χ3v) is 5.32. The second-order valence-electron chi connectivity index (χ2n) is 5.54. The summed E-state index contributed by atoms with van der Waals surface area (Å²) in [7, 11) is 0. The van der Waals surface area contributed by atoms with Gasteiger partial charge in [-0.15, -0.1) is 0 Å². The average Bonchev–Trinajstić information content (AvgIpc) is 2.93. The van der Waals surface area contributed by atoms with E-state index in [-0.39, 0.29) is 6.04 Å². The van der Waals surface area contributed by atoms with Crippen LogP contribution in [-0.2, 0) is 12.8 Å². The van der Waals surface area contributed by atoms with E-state index in [9.17, 15) is 0 Å². The van der Waals surface area contributed by atoms with Gasteiger partial charge in [-0.25, -0.2) is 0 Å². The molecule has 0 fully saturated rings. The molecule has 2 aromatic carbocycles. The van der Waals surface area contributed by atoms with Crippen LogP contribution in [0, 0.1) is 0 Å². The zero-order valence-corrected chi connectivity index (χ0v) is 15.3. The maximum absolute atomic E-state index is 3.71. The van der Waals surface area contributed by atoms with Crippen LogP contribution in [-0.4, -0.2) is 6.54 Å². The third-order valence-electron chi connectivity index (χ3n) is 4.14. The minimum absolute atomic E-state index is 0.239. The first-order chi connectivity index (χ1) is 10.2. The molecule has 0 bridgehead atoms. The molecule has 0 saturated carbocycles. The molecule has 0 aromatic heterocycles. The fourth-order valence-corrected chi connectivity index (χ4v) is 4.39. The molecule has 2 aromatic rings. The molecular weight excluding hydrogens is 390 g/mol. The van der Waals surface area contributed by atoms with E-state index in [0.29, 0.717) is 0 Å². The van der Waals surface area contributed by atoms with Crippen molar-refractivity contribution in [3.05, 3.63) is 67.6 Å². The van der Waals surface area contributed by atoms with Crippen LogP contribution in [0.3, 0.4) is 0 Å². The third kappa shape index (κ3) is 3.25. The summed E-state index contributed by atoms with van der Waals surface area (Å²) in [5.41, 5.74) is 5.71. The van der Waals surface area contributed by atoms with Crippen molar-refractivity contribution in [2.24, 2.45) is 0 Å². The molecule has 1 unspecified atom stereocenters. The van der Waals surface area contributed by atoms with Crippen LogP contribution < -0.4 is 5.32 Å². The quantitative estimate of drug-likeness (QED) is 0.714. The number of hydrogen-bond acceptors (Lipinski definition) is 1. The van der Waals surface area contributed by atoms with Gasteiger partial charge < -0.3 is 5.32 Å². The SMILES string of the molecule is CCNC(c1ccc2c(c1)CCC2)c1ccc(Br)cc1Br. The molecule has 1 aliphatic rings. The van der Waals surface area contributed by atoms with Crippen LogP contribution in [0.1, 0.15) is 41.6 Å². The van der Waals surface area contributed by atoms with E-state index in [2.05, 4.69) is 80.5 Å². The maximum atomic E-state index is 3.71. The van der Waals surface area contributed by atoms with Crippen LogP contribution in [0.4, 0.5) is 0 Å². The number of fused-ring (bicyclic) bond motifs is 1. The first-order valence-corrected chi connectivity index (χ1v) is 9.07. The Balaban J connectivity index is 2.01. The van der Waals surface area contributed by atoms with Gasteiger partial charge in [0, 0.05) is 8.95 Å². The maximum Gasteiger partial charge on any atom is 0.0587 e. The minimum atomic E-state index is 0.239. The van der Waals surface area contributed by atoms with E-state index < -0.39 is 0 Å². The number of hydrogen-bond donors (Lipinski definition) is 1. The standard InChI is InChI=1S/C18H19Br2N/c1-2-21-18(16-9-8-15(19)11-17(16)20)14-7-6-12-4-3-5-13(12)10-14/h6-11,18,21H,2-5H2,1H3. The summed E-state index contributed by atoms with van der Waals surface area (Å²) < 4.78 is 2.24. The lowest BCUT2D eigenvalue weighted by Crippen LogP contribution is -2.22. The van der Waals surface area contributed by atoms with Crippen molar-refractivity contribution < 1.29 is 0 Å². The lowest BCUT2D eigenvalue weighted by molar-refractivity contribution is 0.628. The zero-order valence-electron chi connectivity index (χ0n) is 12.1. The Hall–Kier alpha value is -0.640. The predicted octanol–water partition coefficient (Wildman–Crippen LogP) is 5.40. The number of aryl methyl sites for hydroxylation is 2. The molecule has 1 aliphatic carbocycles. The molecular formula is C18H19Br2N. The molecule has 3 rings (SSSR count). The second kappa shape index (κ2) is 6.64. The molecule has 1 N–H and O–H groups in total. The summed E-state index contributed by atoms with van der Waals surface area (Å²) in [6.45, 7) is 3.11. The highest BCUT2D eigenvalue weighted by Gasteiger charge is 2.19. The first kappa shape index (κ1) is 15.3. The van der Waals surface area contributed by atoms with Crippen molar-refractivity contribution in [1.82, 2.24) is 5.32 Å². The van der Waals surface area contributed by atoms with Crippen molar-refractivity contribution in [2.45, 2.75) is 32.2 Å². The van der Waals surface area contributed by atoms with Crippen LogP contribution in [0.25, 0.3) is 0 Å². The van der Waals surface area contributed by atoms with E-state index >= 15 is 0 Å². The largest absolute Gasteiger partial charge is 0.306 e. The summed E-state index contributed by atoms with van der Waals surface area (Å²) in [6.07, 6.45) is 3.76. The van der Waals surface area contributed by atoms with E-state index in [1.54, 1.807) is 0 Å². The van der Waals surface area contributed by atoms with Gasteiger partial charge in [0.1, 0.15) is 0 Å². The molecule has 110 valence electrons. The van der Waals surface area contributed by atoms with Gasteiger partial charge in [0.15, 0.2) is 0 Å². The zero-order chi connectivity index (χ0) is 14.8. The van der Waals surface area contributed by atoms with Crippen molar-refractivity contribution in [3.8, 4) is 0 Å². The lowest BCUT2D eigenvalue weighted by Gasteiger charge is -2.21. The Morgan fingerprint density at radius 2 is 1.86 bits per heavy atom. The number of rotatable bonds is 4. The Morgan fingerprint density at radius 1 is 1.05 bits per heavy atom.